The zero-order valence-electron chi connectivity index (χ0n) is 10.2. The van der Waals surface area contributed by atoms with Crippen LogP contribution in [0.3, 0.4) is 0 Å². The molecule has 0 radical (unpaired) electrons. The molecule has 1 aromatic carbocycles. The average molecular weight is 288 g/mol. The summed E-state index contributed by atoms with van der Waals surface area (Å²) < 4.78 is 39.8. The van der Waals surface area contributed by atoms with Gasteiger partial charge in [-0.25, -0.2) is 4.39 Å². The van der Waals surface area contributed by atoms with Gasteiger partial charge in [-0.1, -0.05) is 12.1 Å². The molecule has 0 aliphatic carbocycles. The van der Waals surface area contributed by atoms with Crippen LogP contribution in [-0.4, -0.2) is 42.9 Å². The van der Waals surface area contributed by atoms with Crippen LogP contribution in [0.2, 0.25) is 0 Å². The van der Waals surface area contributed by atoms with Crippen LogP contribution in [0.25, 0.3) is 0 Å². The smallest absolute Gasteiger partial charge is 0.321 e. The van der Waals surface area contributed by atoms with Gasteiger partial charge in [0.15, 0.2) is 0 Å². The van der Waals surface area contributed by atoms with Crippen LogP contribution in [-0.2, 0) is 15.0 Å². The summed E-state index contributed by atoms with van der Waals surface area (Å²) in [5, 5.41) is 8.89. The van der Waals surface area contributed by atoms with E-state index >= 15 is 0 Å². The number of aliphatic carboxylic acids is 1. The monoisotopic (exact) mass is 288 g/mol. The summed E-state index contributed by atoms with van der Waals surface area (Å²) in [6.45, 7) is 1.33. The lowest BCUT2D eigenvalue weighted by molar-refractivity contribution is -0.140. The van der Waals surface area contributed by atoms with E-state index < -0.39 is 28.0 Å². The number of benzene rings is 1. The number of halogens is 1. The van der Waals surface area contributed by atoms with Crippen LogP contribution < -0.4 is 4.31 Å². The molecule has 1 unspecified atom stereocenters. The Hall–Kier alpha value is -1.67. The van der Waals surface area contributed by atoms with Crippen molar-refractivity contribution in [1.82, 2.24) is 4.31 Å². The van der Waals surface area contributed by atoms with Crippen molar-refractivity contribution in [1.29, 1.82) is 0 Å². The molecule has 1 aliphatic heterocycles. The maximum absolute atomic E-state index is 13.6. The van der Waals surface area contributed by atoms with E-state index in [9.17, 15) is 17.6 Å². The maximum Gasteiger partial charge on any atom is 0.321 e. The number of anilines is 1. The summed E-state index contributed by atoms with van der Waals surface area (Å²) in [5.41, 5.74) is -0.0670. The third-order valence-corrected chi connectivity index (χ3v) is 5.04. The molecule has 1 heterocycles. The molecule has 0 aromatic heterocycles. The third kappa shape index (κ3) is 2.28. The first-order chi connectivity index (χ1) is 8.85. The normalized spacial score (nSPS) is 20.4. The van der Waals surface area contributed by atoms with Gasteiger partial charge in [-0.05, 0) is 19.1 Å². The molecule has 0 spiro atoms. The highest BCUT2D eigenvalue weighted by Gasteiger charge is 2.42. The largest absolute Gasteiger partial charge is 0.480 e. The third-order valence-electron chi connectivity index (χ3n) is 3.01. The predicted molar refractivity (Wildman–Crippen MR) is 66.5 cm³/mol. The van der Waals surface area contributed by atoms with Crippen molar-refractivity contribution in [3.63, 3.8) is 0 Å². The molecule has 1 fully saturated rings. The quantitative estimate of drug-likeness (QED) is 0.886. The van der Waals surface area contributed by atoms with Crippen LogP contribution in [0, 0.1) is 5.82 Å². The van der Waals surface area contributed by atoms with Crippen molar-refractivity contribution in [2.24, 2.45) is 0 Å². The first kappa shape index (κ1) is 13.8. The first-order valence-electron chi connectivity index (χ1n) is 5.62. The topological polar surface area (TPSA) is 77.9 Å². The summed E-state index contributed by atoms with van der Waals surface area (Å²) in [4.78, 5) is 10.9. The Morgan fingerprint density at radius 2 is 2.00 bits per heavy atom. The van der Waals surface area contributed by atoms with Gasteiger partial charge in [-0.2, -0.15) is 12.7 Å². The predicted octanol–water partition coefficient (Wildman–Crippen LogP) is 0.666. The molecule has 2 rings (SSSR count). The molecule has 0 bridgehead atoms. The highest BCUT2D eigenvalue weighted by atomic mass is 32.2. The highest BCUT2D eigenvalue weighted by Crippen LogP contribution is 2.28. The van der Waals surface area contributed by atoms with Crippen LogP contribution >= 0.6 is 0 Å². The van der Waals surface area contributed by atoms with E-state index in [1.54, 1.807) is 0 Å². The molecule has 1 N–H and O–H groups in total. The Balaban J connectivity index is 2.38. The second-order valence-electron chi connectivity index (χ2n) is 4.16. The van der Waals surface area contributed by atoms with Gasteiger partial charge < -0.3 is 5.11 Å². The Morgan fingerprint density at radius 1 is 1.37 bits per heavy atom. The van der Waals surface area contributed by atoms with E-state index in [4.69, 9.17) is 5.11 Å². The van der Waals surface area contributed by atoms with Crippen molar-refractivity contribution < 1.29 is 22.7 Å². The minimum Gasteiger partial charge on any atom is -0.480 e. The van der Waals surface area contributed by atoms with Gasteiger partial charge >= 0.3 is 16.2 Å². The summed E-state index contributed by atoms with van der Waals surface area (Å²) >= 11 is 0. The second-order valence-corrected chi connectivity index (χ2v) is 5.96. The fourth-order valence-corrected chi connectivity index (χ4v) is 3.73. The fourth-order valence-electron chi connectivity index (χ4n) is 1.96. The Morgan fingerprint density at radius 3 is 2.58 bits per heavy atom. The van der Waals surface area contributed by atoms with Gasteiger partial charge in [0.2, 0.25) is 0 Å². The standard InChI is InChI=1S/C11H13FN2O4S/c1-8(11(15)16)13-6-7-14(19(13,17)18)10-5-3-2-4-9(10)12/h2-5,8H,6-7H2,1H3,(H,15,16). The van der Waals surface area contributed by atoms with Gasteiger partial charge in [0.05, 0.1) is 5.69 Å². The Bertz CT molecular complexity index is 604. The molecule has 1 aromatic rings. The summed E-state index contributed by atoms with van der Waals surface area (Å²) in [6, 6.07) is 4.31. The first-order valence-corrected chi connectivity index (χ1v) is 7.02. The van der Waals surface area contributed by atoms with E-state index in [-0.39, 0.29) is 18.8 Å². The number of carboxylic acids is 1. The number of nitrogens with zero attached hydrogens (tertiary/aromatic N) is 2. The van der Waals surface area contributed by atoms with Crippen molar-refractivity contribution in [3.8, 4) is 0 Å². The van der Waals surface area contributed by atoms with E-state index in [2.05, 4.69) is 0 Å². The molecule has 8 heteroatoms. The number of rotatable bonds is 3. The van der Waals surface area contributed by atoms with E-state index in [0.717, 1.165) is 14.7 Å². The van der Waals surface area contributed by atoms with Gasteiger partial charge in [0.25, 0.3) is 0 Å². The van der Waals surface area contributed by atoms with Crippen molar-refractivity contribution in [2.75, 3.05) is 17.4 Å². The number of hydrogen-bond donors (Lipinski definition) is 1. The molecule has 19 heavy (non-hydrogen) atoms. The number of para-hydroxylation sites is 1. The molecule has 1 saturated heterocycles. The van der Waals surface area contributed by atoms with E-state index in [1.165, 1.54) is 25.1 Å². The van der Waals surface area contributed by atoms with E-state index in [1.807, 2.05) is 0 Å². The number of carboxylic acid groups (broad SMARTS) is 1. The lowest BCUT2D eigenvalue weighted by atomic mass is 10.3. The zero-order chi connectivity index (χ0) is 14.2. The highest BCUT2D eigenvalue weighted by molar-refractivity contribution is 7.90. The summed E-state index contributed by atoms with van der Waals surface area (Å²) in [7, 11) is -4.00. The van der Waals surface area contributed by atoms with E-state index in [0.29, 0.717) is 0 Å². The minimum absolute atomic E-state index is 0.0180. The van der Waals surface area contributed by atoms with Crippen molar-refractivity contribution in [2.45, 2.75) is 13.0 Å². The SMILES string of the molecule is CC(C(=O)O)N1CCN(c2ccccc2F)S1(=O)=O. The lowest BCUT2D eigenvalue weighted by Crippen LogP contribution is -2.42. The molecule has 1 aliphatic rings. The lowest BCUT2D eigenvalue weighted by Gasteiger charge is -2.22. The molecule has 6 nitrogen and oxygen atoms in total. The Labute approximate surface area is 110 Å². The van der Waals surface area contributed by atoms with Crippen molar-refractivity contribution >= 4 is 21.9 Å². The minimum atomic E-state index is -4.00. The number of carbonyl (C=O) groups is 1. The average Bonchev–Trinajstić information content (AvgIpc) is 2.64. The van der Waals surface area contributed by atoms with Crippen LogP contribution in [0.5, 0.6) is 0 Å². The van der Waals surface area contributed by atoms with Crippen molar-refractivity contribution in [3.05, 3.63) is 30.1 Å². The summed E-state index contributed by atoms with van der Waals surface area (Å²) in [6.07, 6.45) is 0. The van der Waals surface area contributed by atoms with Gasteiger partial charge in [0, 0.05) is 13.1 Å². The molecule has 0 saturated carbocycles. The van der Waals surface area contributed by atoms with Gasteiger partial charge in [-0.3, -0.25) is 9.10 Å². The zero-order valence-corrected chi connectivity index (χ0v) is 11.0. The van der Waals surface area contributed by atoms with Crippen LogP contribution in [0.15, 0.2) is 24.3 Å². The number of hydrogen-bond acceptors (Lipinski definition) is 3. The molecule has 0 amide bonds. The molecular weight excluding hydrogens is 275 g/mol. The fraction of sp³-hybridized carbons (Fsp3) is 0.364. The maximum atomic E-state index is 13.6. The molecule has 104 valence electrons. The van der Waals surface area contributed by atoms with Gasteiger partial charge in [0.1, 0.15) is 11.9 Å². The second kappa shape index (κ2) is 4.78. The Kier molecular flexibility index (Phi) is 3.46. The van der Waals surface area contributed by atoms with Crippen LogP contribution in [0.1, 0.15) is 6.92 Å². The molecular formula is C11H13FN2O4S. The molecule has 1 atom stereocenters. The van der Waals surface area contributed by atoms with Crippen LogP contribution in [0.4, 0.5) is 10.1 Å². The van der Waals surface area contributed by atoms with Gasteiger partial charge in [-0.15, -0.1) is 0 Å². The summed E-state index contributed by atoms with van der Waals surface area (Å²) in [5.74, 6) is -1.89.